The predicted molar refractivity (Wildman–Crippen MR) is 90.9 cm³/mol. The van der Waals surface area contributed by atoms with Crippen LogP contribution in [0.2, 0.25) is 0 Å². The van der Waals surface area contributed by atoms with Gasteiger partial charge in [-0.25, -0.2) is 19.0 Å². The summed E-state index contributed by atoms with van der Waals surface area (Å²) >= 11 is 0. The van der Waals surface area contributed by atoms with E-state index < -0.39 is 0 Å². The highest BCUT2D eigenvalue weighted by Crippen LogP contribution is 2.27. The van der Waals surface area contributed by atoms with E-state index in [4.69, 9.17) is 0 Å². The van der Waals surface area contributed by atoms with Crippen molar-refractivity contribution >= 4 is 16.9 Å². The summed E-state index contributed by atoms with van der Waals surface area (Å²) in [5.41, 5.74) is 1.01. The lowest BCUT2D eigenvalue weighted by molar-refractivity contribution is 0.352. The van der Waals surface area contributed by atoms with Gasteiger partial charge in [-0.3, -0.25) is 0 Å². The molecule has 3 aromatic rings. The quantitative estimate of drug-likeness (QED) is 0.782. The lowest BCUT2D eigenvalue weighted by atomic mass is 10.0. The molecule has 0 unspecified atom stereocenters. The standard InChI is InChI=1S/C17H19FN6/c1-17(2)10-23(8-7-21-17)15-12-9-22-24(16(12)20-11-19-15)14-6-4-3-5-13(14)18/h3-6,9,11,21H,7-8,10H2,1-2H3. The van der Waals surface area contributed by atoms with Crippen LogP contribution >= 0.6 is 0 Å². The molecule has 3 heterocycles. The first-order valence-electron chi connectivity index (χ1n) is 7.99. The third-order valence-corrected chi connectivity index (χ3v) is 4.30. The Balaban J connectivity index is 1.81. The van der Waals surface area contributed by atoms with Crippen LogP contribution in [0.15, 0.2) is 36.8 Å². The molecule has 124 valence electrons. The molecule has 0 spiro atoms. The number of piperazine rings is 1. The van der Waals surface area contributed by atoms with E-state index >= 15 is 0 Å². The topological polar surface area (TPSA) is 58.9 Å². The van der Waals surface area contributed by atoms with Gasteiger partial charge in [0, 0.05) is 25.2 Å². The molecule has 6 nitrogen and oxygen atoms in total. The lowest BCUT2D eigenvalue weighted by Crippen LogP contribution is -2.57. The van der Waals surface area contributed by atoms with Crippen LogP contribution in [0, 0.1) is 5.82 Å². The number of nitrogens with one attached hydrogen (secondary N) is 1. The maximum Gasteiger partial charge on any atom is 0.168 e. The number of benzene rings is 1. The van der Waals surface area contributed by atoms with E-state index in [9.17, 15) is 4.39 Å². The summed E-state index contributed by atoms with van der Waals surface area (Å²) in [5, 5.41) is 8.67. The van der Waals surface area contributed by atoms with Gasteiger partial charge in [0.1, 0.15) is 23.6 Å². The van der Waals surface area contributed by atoms with Crippen molar-refractivity contribution in [2.75, 3.05) is 24.5 Å². The zero-order valence-electron chi connectivity index (χ0n) is 13.7. The molecule has 0 bridgehead atoms. The molecule has 0 amide bonds. The van der Waals surface area contributed by atoms with E-state index in [1.165, 1.54) is 17.1 Å². The molecule has 1 saturated heterocycles. The summed E-state index contributed by atoms with van der Waals surface area (Å²) in [7, 11) is 0. The van der Waals surface area contributed by atoms with Crippen LogP contribution in [-0.4, -0.2) is 44.9 Å². The van der Waals surface area contributed by atoms with Gasteiger partial charge in [0.15, 0.2) is 5.65 Å². The number of anilines is 1. The number of hydrogen-bond acceptors (Lipinski definition) is 5. The van der Waals surface area contributed by atoms with Gasteiger partial charge in [-0.1, -0.05) is 12.1 Å². The minimum absolute atomic E-state index is 0.0110. The third kappa shape index (κ3) is 2.50. The summed E-state index contributed by atoms with van der Waals surface area (Å²) in [6, 6.07) is 6.56. The molecule has 7 heteroatoms. The van der Waals surface area contributed by atoms with Gasteiger partial charge in [-0.15, -0.1) is 0 Å². The molecule has 2 aromatic heterocycles. The van der Waals surface area contributed by atoms with Crippen LogP contribution in [0.1, 0.15) is 13.8 Å². The van der Waals surface area contributed by atoms with Gasteiger partial charge in [0.2, 0.25) is 0 Å². The van der Waals surface area contributed by atoms with Crippen molar-refractivity contribution in [3.05, 3.63) is 42.6 Å². The molecular formula is C17H19FN6. The summed E-state index contributed by atoms with van der Waals surface area (Å²) in [4.78, 5) is 11.0. The summed E-state index contributed by atoms with van der Waals surface area (Å²) in [6.07, 6.45) is 3.23. The highest BCUT2D eigenvalue weighted by molar-refractivity contribution is 5.87. The van der Waals surface area contributed by atoms with Crippen molar-refractivity contribution in [3.8, 4) is 5.69 Å². The summed E-state index contributed by atoms with van der Waals surface area (Å²) in [5.74, 6) is 0.517. The van der Waals surface area contributed by atoms with Crippen LogP contribution in [0.25, 0.3) is 16.7 Å². The second kappa shape index (κ2) is 5.52. The van der Waals surface area contributed by atoms with Crippen LogP contribution in [-0.2, 0) is 0 Å². The average molecular weight is 326 g/mol. The van der Waals surface area contributed by atoms with Crippen LogP contribution in [0.4, 0.5) is 10.2 Å². The Morgan fingerprint density at radius 1 is 1.21 bits per heavy atom. The first-order chi connectivity index (χ1) is 11.6. The van der Waals surface area contributed by atoms with Crippen LogP contribution in [0.3, 0.4) is 0 Å². The monoisotopic (exact) mass is 326 g/mol. The minimum Gasteiger partial charge on any atom is -0.353 e. The van der Waals surface area contributed by atoms with Gasteiger partial charge in [-0.05, 0) is 26.0 Å². The van der Waals surface area contributed by atoms with E-state index in [-0.39, 0.29) is 11.4 Å². The van der Waals surface area contributed by atoms with Crippen LogP contribution < -0.4 is 10.2 Å². The number of nitrogens with zero attached hydrogens (tertiary/aromatic N) is 5. The number of aromatic nitrogens is 4. The van der Waals surface area contributed by atoms with Gasteiger partial charge in [0.05, 0.1) is 11.6 Å². The first kappa shape index (κ1) is 15.0. The maximum atomic E-state index is 14.1. The lowest BCUT2D eigenvalue weighted by Gasteiger charge is -2.39. The second-order valence-corrected chi connectivity index (χ2v) is 6.67. The molecular weight excluding hydrogens is 307 g/mol. The van der Waals surface area contributed by atoms with Crippen molar-refractivity contribution in [1.29, 1.82) is 0 Å². The van der Waals surface area contributed by atoms with Gasteiger partial charge < -0.3 is 10.2 Å². The highest BCUT2D eigenvalue weighted by atomic mass is 19.1. The Hall–Kier alpha value is -2.54. The van der Waals surface area contributed by atoms with E-state index in [2.05, 4.69) is 39.1 Å². The Morgan fingerprint density at radius 2 is 2.04 bits per heavy atom. The van der Waals surface area contributed by atoms with Crippen molar-refractivity contribution in [3.63, 3.8) is 0 Å². The minimum atomic E-state index is -0.328. The molecule has 1 N–H and O–H groups in total. The number of hydrogen-bond donors (Lipinski definition) is 1. The zero-order chi connectivity index (χ0) is 16.7. The highest BCUT2D eigenvalue weighted by Gasteiger charge is 2.28. The van der Waals surface area contributed by atoms with Gasteiger partial charge in [-0.2, -0.15) is 5.10 Å². The van der Waals surface area contributed by atoms with Crippen LogP contribution in [0.5, 0.6) is 0 Å². The summed E-state index contributed by atoms with van der Waals surface area (Å²) in [6.45, 7) is 6.92. The molecule has 24 heavy (non-hydrogen) atoms. The van der Waals surface area contributed by atoms with Crippen molar-refractivity contribution < 1.29 is 4.39 Å². The molecule has 1 aliphatic heterocycles. The molecule has 0 radical (unpaired) electrons. The Bertz CT molecular complexity index is 888. The fourth-order valence-electron chi connectivity index (χ4n) is 3.21. The maximum absolute atomic E-state index is 14.1. The number of halogens is 1. The van der Waals surface area contributed by atoms with E-state index in [0.717, 1.165) is 30.8 Å². The normalized spacial score (nSPS) is 17.4. The molecule has 1 aliphatic rings. The van der Waals surface area contributed by atoms with E-state index in [1.807, 2.05) is 0 Å². The Labute approximate surface area is 139 Å². The van der Waals surface area contributed by atoms with Crippen molar-refractivity contribution in [2.45, 2.75) is 19.4 Å². The molecule has 0 saturated carbocycles. The largest absolute Gasteiger partial charge is 0.353 e. The van der Waals surface area contributed by atoms with Crippen molar-refractivity contribution in [1.82, 2.24) is 25.1 Å². The van der Waals surface area contributed by atoms with Gasteiger partial charge in [0.25, 0.3) is 0 Å². The fourth-order valence-corrected chi connectivity index (χ4v) is 3.21. The predicted octanol–water partition coefficient (Wildman–Crippen LogP) is 2.14. The molecule has 1 fully saturated rings. The Morgan fingerprint density at radius 3 is 2.83 bits per heavy atom. The molecule has 0 atom stereocenters. The number of rotatable bonds is 2. The first-order valence-corrected chi connectivity index (χ1v) is 7.99. The second-order valence-electron chi connectivity index (χ2n) is 6.67. The third-order valence-electron chi connectivity index (χ3n) is 4.30. The average Bonchev–Trinajstić information content (AvgIpc) is 2.98. The van der Waals surface area contributed by atoms with E-state index in [1.54, 1.807) is 24.4 Å². The van der Waals surface area contributed by atoms with Gasteiger partial charge >= 0.3 is 0 Å². The molecule has 0 aliphatic carbocycles. The zero-order valence-corrected chi connectivity index (χ0v) is 13.7. The van der Waals surface area contributed by atoms with Crippen molar-refractivity contribution in [2.24, 2.45) is 0 Å². The fraction of sp³-hybridized carbons (Fsp3) is 0.353. The summed E-state index contributed by atoms with van der Waals surface area (Å²) < 4.78 is 15.6. The smallest absolute Gasteiger partial charge is 0.168 e. The SMILES string of the molecule is CC1(C)CN(c2ncnc3c2cnn3-c2ccccc2F)CCN1. The number of fused-ring (bicyclic) bond motifs is 1. The van der Waals surface area contributed by atoms with E-state index in [0.29, 0.717) is 11.3 Å². The molecule has 4 rings (SSSR count). The Kier molecular flexibility index (Phi) is 3.45. The molecule has 1 aromatic carbocycles. The number of para-hydroxylation sites is 1.